The molecule has 1 saturated carbocycles. The van der Waals surface area contributed by atoms with Crippen LogP contribution in [0.2, 0.25) is 5.02 Å². The monoisotopic (exact) mass is 238 g/mol. The topological polar surface area (TPSA) is 26.3 Å². The smallest absolute Gasteiger partial charge is 0.166 e. The van der Waals surface area contributed by atoms with Crippen molar-refractivity contribution in [1.82, 2.24) is 0 Å². The van der Waals surface area contributed by atoms with E-state index >= 15 is 0 Å². The van der Waals surface area contributed by atoms with Crippen LogP contribution < -0.4 is 4.74 Å². The molecule has 2 nitrogen and oxygen atoms in total. The average Bonchev–Trinajstić information content (AvgIpc) is 2.23. The first-order valence-corrected chi connectivity index (χ1v) is 5.95. The van der Waals surface area contributed by atoms with E-state index in [0.29, 0.717) is 28.7 Å². The fourth-order valence-electron chi connectivity index (χ4n) is 1.96. The third-order valence-corrected chi connectivity index (χ3v) is 3.40. The van der Waals surface area contributed by atoms with Crippen LogP contribution in [-0.4, -0.2) is 12.9 Å². The molecule has 16 heavy (non-hydrogen) atoms. The number of Topliss-reactive ketones (excluding diaryl/α,β-unsaturated/α-hetero) is 1. The minimum absolute atomic E-state index is 0.165. The van der Waals surface area contributed by atoms with Gasteiger partial charge in [0, 0.05) is 11.4 Å². The Morgan fingerprint density at radius 3 is 2.81 bits per heavy atom. The number of methoxy groups -OCH3 is 1. The lowest BCUT2D eigenvalue weighted by molar-refractivity contribution is 0.0933. The molecule has 0 N–H and O–H groups in total. The lowest BCUT2D eigenvalue weighted by atomic mass is 9.81. The molecule has 1 fully saturated rings. The van der Waals surface area contributed by atoms with E-state index in [1.807, 2.05) is 0 Å². The minimum atomic E-state index is 0.165. The van der Waals surface area contributed by atoms with Crippen molar-refractivity contribution in [3.8, 4) is 5.75 Å². The van der Waals surface area contributed by atoms with Crippen molar-refractivity contribution in [3.63, 3.8) is 0 Å². The summed E-state index contributed by atoms with van der Waals surface area (Å²) in [6, 6.07) is 5.18. The van der Waals surface area contributed by atoms with Crippen molar-refractivity contribution in [2.24, 2.45) is 5.92 Å². The third kappa shape index (κ3) is 2.38. The molecule has 1 aromatic rings. The summed E-state index contributed by atoms with van der Waals surface area (Å²) in [6.07, 6.45) is 4.26. The molecule has 3 heteroatoms. The summed E-state index contributed by atoms with van der Waals surface area (Å²) in [7, 11) is 1.56. The predicted molar refractivity (Wildman–Crippen MR) is 64.3 cm³/mol. The maximum Gasteiger partial charge on any atom is 0.166 e. The van der Waals surface area contributed by atoms with E-state index in [1.54, 1.807) is 25.3 Å². The number of hydrogen-bond donors (Lipinski definition) is 0. The van der Waals surface area contributed by atoms with E-state index in [1.165, 1.54) is 19.3 Å². The predicted octanol–water partition coefficient (Wildman–Crippen LogP) is 3.72. The van der Waals surface area contributed by atoms with Crippen molar-refractivity contribution >= 4 is 17.4 Å². The standard InChI is InChI=1S/C13H15ClO2/c1-16-13-8-10(14)5-6-11(13)12(15)7-9-3-2-4-9/h5-6,8-9H,2-4,7H2,1H3. The van der Waals surface area contributed by atoms with Crippen LogP contribution in [0.3, 0.4) is 0 Å². The fraction of sp³-hybridized carbons (Fsp3) is 0.462. The molecule has 0 radical (unpaired) electrons. The molecule has 0 atom stereocenters. The van der Waals surface area contributed by atoms with Gasteiger partial charge in [-0.3, -0.25) is 4.79 Å². The molecular formula is C13H15ClO2. The second kappa shape index (κ2) is 4.88. The van der Waals surface area contributed by atoms with Crippen LogP contribution in [0, 0.1) is 5.92 Å². The second-order valence-electron chi connectivity index (χ2n) is 4.27. The minimum Gasteiger partial charge on any atom is -0.496 e. The van der Waals surface area contributed by atoms with Gasteiger partial charge in [0.05, 0.1) is 12.7 Å². The molecule has 86 valence electrons. The Morgan fingerprint density at radius 2 is 2.25 bits per heavy atom. The van der Waals surface area contributed by atoms with Gasteiger partial charge in [0.2, 0.25) is 0 Å². The van der Waals surface area contributed by atoms with Crippen LogP contribution >= 0.6 is 11.6 Å². The zero-order valence-corrected chi connectivity index (χ0v) is 10.1. The van der Waals surface area contributed by atoms with Gasteiger partial charge in [-0.1, -0.05) is 30.9 Å². The Hall–Kier alpha value is -1.02. The number of carbonyl (C=O) groups is 1. The molecule has 0 aromatic heterocycles. The first kappa shape index (κ1) is 11.5. The highest BCUT2D eigenvalue weighted by Gasteiger charge is 2.22. The fourth-order valence-corrected chi connectivity index (χ4v) is 2.13. The Bertz CT molecular complexity index is 397. The largest absolute Gasteiger partial charge is 0.496 e. The molecule has 0 spiro atoms. The second-order valence-corrected chi connectivity index (χ2v) is 4.71. The van der Waals surface area contributed by atoms with Crippen LogP contribution in [0.4, 0.5) is 0 Å². The van der Waals surface area contributed by atoms with Crippen molar-refractivity contribution in [2.75, 3.05) is 7.11 Å². The molecule has 0 saturated heterocycles. The number of hydrogen-bond acceptors (Lipinski definition) is 2. The van der Waals surface area contributed by atoms with E-state index in [-0.39, 0.29) is 5.78 Å². The van der Waals surface area contributed by atoms with Crippen LogP contribution in [0.1, 0.15) is 36.0 Å². The van der Waals surface area contributed by atoms with Crippen LogP contribution in [0.15, 0.2) is 18.2 Å². The molecule has 0 heterocycles. The molecule has 1 aliphatic rings. The van der Waals surface area contributed by atoms with Gasteiger partial charge in [-0.2, -0.15) is 0 Å². The first-order chi connectivity index (χ1) is 7.70. The molecule has 2 rings (SSSR count). The molecule has 1 aromatic carbocycles. The Labute approximate surface area is 101 Å². The van der Waals surface area contributed by atoms with E-state index in [4.69, 9.17) is 16.3 Å². The van der Waals surface area contributed by atoms with E-state index in [0.717, 1.165) is 0 Å². The SMILES string of the molecule is COc1cc(Cl)ccc1C(=O)CC1CCC1. The maximum absolute atomic E-state index is 12.0. The van der Waals surface area contributed by atoms with Gasteiger partial charge in [0.15, 0.2) is 5.78 Å². The third-order valence-electron chi connectivity index (χ3n) is 3.16. The van der Waals surface area contributed by atoms with Gasteiger partial charge >= 0.3 is 0 Å². The van der Waals surface area contributed by atoms with Crippen LogP contribution in [0.5, 0.6) is 5.75 Å². The van der Waals surface area contributed by atoms with Crippen molar-refractivity contribution < 1.29 is 9.53 Å². The quantitative estimate of drug-likeness (QED) is 0.748. The highest BCUT2D eigenvalue weighted by Crippen LogP contribution is 2.32. The maximum atomic E-state index is 12.0. The normalized spacial score (nSPS) is 15.6. The van der Waals surface area contributed by atoms with Crippen molar-refractivity contribution in [3.05, 3.63) is 28.8 Å². The number of rotatable bonds is 4. The van der Waals surface area contributed by atoms with Crippen molar-refractivity contribution in [2.45, 2.75) is 25.7 Å². The van der Waals surface area contributed by atoms with Gasteiger partial charge in [0.1, 0.15) is 5.75 Å². The zero-order valence-electron chi connectivity index (χ0n) is 9.33. The Balaban J connectivity index is 2.14. The highest BCUT2D eigenvalue weighted by molar-refractivity contribution is 6.30. The summed E-state index contributed by atoms with van der Waals surface area (Å²) < 4.78 is 5.18. The summed E-state index contributed by atoms with van der Waals surface area (Å²) >= 11 is 5.85. The zero-order chi connectivity index (χ0) is 11.5. The van der Waals surface area contributed by atoms with Gasteiger partial charge in [-0.15, -0.1) is 0 Å². The summed E-state index contributed by atoms with van der Waals surface area (Å²) in [6.45, 7) is 0. The van der Waals surface area contributed by atoms with E-state index < -0.39 is 0 Å². The molecule has 0 aliphatic heterocycles. The summed E-state index contributed by atoms with van der Waals surface area (Å²) in [5.74, 6) is 1.32. The summed E-state index contributed by atoms with van der Waals surface area (Å²) in [5, 5.41) is 0.594. The number of halogens is 1. The number of carbonyl (C=O) groups excluding carboxylic acids is 1. The molecule has 1 aliphatic carbocycles. The van der Waals surface area contributed by atoms with Crippen molar-refractivity contribution in [1.29, 1.82) is 0 Å². The van der Waals surface area contributed by atoms with Gasteiger partial charge in [0.25, 0.3) is 0 Å². The first-order valence-electron chi connectivity index (χ1n) is 5.57. The molecule has 0 amide bonds. The highest BCUT2D eigenvalue weighted by atomic mass is 35.5. The Kier molecular flexibility index (Phi) is 3.49. The Morgan fingerprint density at radius 1 is 1.50 bits per heavy atom. The van der Waals surface area contributed by atoms with Gasteiger partial charge in [-0.25, -0.2) is 0 Å². The van der Waals surface area contributed by atoms with E-state index in [2.05, 4.69) is 0 Å². The van der Waals surface area contributed by atoms with Gasteiger partial charge in [-0.05, 0) is 24.1 Å². The number of ketones is 1. The summed E-state index contributed by atoms with van der Waals surface area (Å²) in [5.41, 5.74) is 0.652. The van der Waals surface area contributed by atoms with E-state index in [9.17, 15) is 4.79 Å². The van der Waals surface area contributed by atoms with Crippen LogP contribution in [0.25, 0.3) is 0 Å². The van der Waals surface area contributed by atoms with Crippen LogP contribution in [-0.2, 0) is 0 Å². The lowest BCUT2D eigenvalue weighted by Gasteiger charge is -2.24. The molecular weight excluding hydrogens is 224 g/mol. The molecule has 0 unspecified atom stereocenters. The number of benzene rings is 1. The number of ether oxygens (including phenoxy) is 1. The molecule has 0 bridgehead atoms. The average molecular weight is 239 g/mol. The lowest BCUT2D eigenvalue weighted by Crippen LogP contribution is -2.16. The van der Waals surface area contributed by atoms with Gasteiger partial charge < -0.3 is 4.74 Å². The summed E-state index contributed by atoms with van der Waals surface area (Å²) in [4.78, 5) is 12.0.